The van der Waals surface area contributed by atoms with Crippen molar-refractivity contribution in [2.75, 3.05) is 26.4 Å². The molecule has 40 heavy (non-hydrogen) atoms. The van der Waals surface area contributed by atoms with E-state index in [1.165, 1.54) is 87.8 Å². The topological polar surface area (TPSA) is 43.5 Å². The van der Waals surface area contributed by atoms with Gasteiger partial charge in [0.25, 0.3) is 0 Å². The van der Waals surface area contributed by atoms with E-state index in [2.05, 4.69) is 24.3 Å². The smallest absolute Gasteiger partial charge is 0.169 e. The zero-order chi connectivity index (χ0) is 26.1. The molecule has 2 aromatic rings. The van der Waals surface area contributed by atoms with Crippen LogP contribution in [0.2, 0.25) is 0 Å². The lowest BCUT2D eigenvalue weighted by atomic mass is 9.47. The summed E-state index contributed by atoms with van der Waals surface area (Å²) in [6.07, 6.45) is 17.7. The second-order valence-electron chi connectivity index (χ2n) is 15.9. The third-order valence-corrected chi connectivity index (χ3v) is 13.0. The van der Waals surface area contributed by atoms with Crippen molar-refractivity contribution in [3.05, 3.63) is 35.4 Å². The monoisotopic (exact) mass is 540 g/mol. The summed E-state index contributed by atoms with van der Waals surface area (Å²) >= 11 is 0. The van der Waals surface area contributed by atoms with Crippen LogP contribution in [-0.4, -0.2) is 38.6 Å². The number of benzene rings is 2. The van der Waals surface area contributed by atoms with Crippen LogP contribution in [0, 0.1) is 35.5 Å². The molecule has 4 heteroatoms. The number of hydrogen-bond acceptors (Lipinski definition) is 4. The van der Waals surface area contributed by atoms with Crippen LogP contribution in [0.5, 0.6) is 11.5 Å². The van der Waals surface area contributed by atoms with Crippen LogP contribution in [0.15, 0.2) is 24.3 Å². The van der Waals surface area contributed by atoms with E-state index in [0.29, 0.717) is 24.0 Å². The Balaban J connectivity index is 1.14. The van der Waals surface area contributed by atoms with E-state index in [0.717, 1.165) is 60.2 Å². The fourth-order valence-electron chi connectivity index (χ4n) is 12.0. The normalized spacial score (nSPS) is 45.3. The lowest BCUT2D eigenvalue weighted by molar-refractivity contribution is -0.00570. The summed E-state index contributed by atoms with van der Waals surface area (Å²) in [5, 5.41) is 2.76. The number of epoxide rings is 2. The molecule has 8 aliphatic carbocycles. The van der Waals surface area contributed by atoms with Gasteiger partial charge in [-0.2, -0.15) is 0 Å². The number of hydrogen-bond donors (Lipinski definition) is 0. The summed E-state index contributed by atoms with van der Waals surface area (Å²) in [4.78, 5) is 0. The molecule has 0 spiro atoms. The number of rotatable bonds is 8. The minimum absolute atomic E-state index is 0.226. The zero-order valence-corrected chi connectivity index (χ0v) is 23.9. The van der Waals surface area contributed by atoms with Gasteiger partial charge >= 0.3 is 0 Å². The highest BCUT2D eigenvalue weighted by atomic mass is 16.6. The van der Waals surface area contributed by atoms with E-state index in [-0.39, 0.29) is 12.2 Å². The Morgan fingerprint density at radius 3 is 1.62 bits per heavy atom. The van der Waals surface area contributed by atoms with E-state index in [4.69, 9.17) is 18.9 Å². The number of ether oxygens (including phenoxy) is 4. The van der Waals surface area contributed by atoms with Crippen LogP contribution in [0.25, 0.3) is 10.8 Å². The molecule has 2 aliphatic heterocycles. The summed E-state index contributed by atoms with van der Waals surface area (Å²) in [7, 11) is 0. The van der Waals surface area contributed by atoms with Crippen molar-refractivity contribution >= 4 is 10.8 Å². The van der Waals surface area contributed by atoms with Crippen molar-refractivity contribution in [1.82, 2.24) is 0 Å². The molecule has 0 amide bonds. The second-order valence-corrected chi connectivity index (χ2v) is 15.9. The first kappa shape index (κ1) is 23.7. The molecule has 8 bridgehead atoms. The third-order valence-electron chi connectivity index (χ3n) is 13.0. The quantitative estimate of drug-likeness (QED) is 0.329. The summed E-state index contributed by atoms with van der Waals surface area (Å²) in [6, 6.07) is 10.1. The van der Waals surface area contributed by atoms with E-state index in [1.807, 2.05) is 0 Å². The van der Waals surface area contributed by atoms with Crippen molar-refractivity contribution in [2.45, 2.75) is 100 Å². The molecule has 12 rings (SSSR count). The van der Waals surface area contributed by atoms with E-state index in [1.54, 1.807) is 11.1 Å². The molecule has 0 N–H and O–H groups in total. The summed E-state index contributed by atoms with van der Waals surface area (Å²) < 4.78 is 24.3. The van der Waals surface area contributed by atoms with Crippen molar-refractivity contribution < 1.29 is 18.9 Å². The van der Waals surface area contributed by atoms with Gasteiger partial charge < -0.3 is 18.9 Å². The minimum atomic E-state index is 0.226. The SMILES string of the molecule is c1cc2c(OCC3CO3)c(OCC3CO3)cc(C34CC5CC(CC(C5)C3)C4)c2cc1C12CC3CC(CC(C3)C1)C2. The third kappa shape index (κ3) is 3.77. The Labute approximate surface area is 238 Å². The van der Waals surface area contributed by atoms with Crippen LogP contribution in [0.1, 0.15) is 88.2 Å². The lowest BCUT2D eigenvalue weighted by Gasteiger charge is -2.58. The molecule has 2 heterocycles. The molecule has 4 nitrogen and oxygen atoms in total. The Bertz CT molecular complexity index is 1280. The largest absolute Gasteiger partial charge is 0.487 e. The van der Waals surface area contributed by atoms with Gasteiger partial charge in [-0.15, -0.1) is 0 Å². The van der Waals surface area contributed by atoms with E-state index < -0.39 is 0 Å². The molecule has 212 valence electrons. The maximum atomic E-state index is 6.60. The molecule has 2 unspecified atom stereocenters. The van der Waals surface area contributed by atoms with E-state index in [9.17, 15) is 0 Å². The highest BCUT2D eigenvalue weighted by molar-refractivity contribution is 5.95. The maximum Gasteiger partial charge on any atom is 0.169 e. The lowest BCUT2D eigenvalue weighted by Crippen LogP contribution is -2.49. The van der Waals surface area contributed by atoms with Gasteiger partial charge in [-0.25, -0.2) is 0 Å². The first-order valence-electron chi connectivity index (χ1n) is 16.7. The highest BCUT2D eigenvalue weighted by Crippen LogP contribution is 2.64. The van der Waals surface area contributed by atoms with E-state index >= 15 is 0 Å². The fourth-order valence-corrected chi connectivity index (χ4v) is 12.0. The molecular weight excluding hydrogens is 496 g/mol. The van der Waals surface area contributed by atoms with Gasteiger partial charge in [-0.05, 0) is 146 Å². The van der Waals surface area contributed by atoms with Crippen molar-refractivity contribution in [2.24, 2.45) is 35.5 Å². The molecule has 0 radical (unpaired) electrons. The van der Waals surface area contributed by atoms with Gasteiger partial charge in [0, 0.05) is 5.39 Å². The van der Waals surface area contributed by atoms with Crippen LogP contribution in [-0.2, 0) is 20.3 Å². The zero-order valence-electron chi connectivity index (χ0n) is 23.9. The average Bonchev–Trinajstić information content (AvgIpc) is 3.85. The molecule has 2 atom stereocenters. The fraction of sp³-hybridized carbons (Fsp3) is 0.722. The molecule has 10 fully saturated rings. The minimum Gasteiger partial charge on any atom is -0.487 e. The Morgan fingerprint density at radius 1 is 0.600 bits per heavy atom. The predicted molar refractivity (Wildman–Crippen MR) is 154 cm³/mol. The highest BCUT2D eigenvalue weighted by Gasteiger charge is 2.54. The number of fused-ring (bicyclic) bond motifs is 1. The van der Waals surface area contributed by atoms with Crippen LogP contribution >= 0.6 is 0 Å². The first-order chi connectivity index (χ1) is 19.6. The van der Waals surface area contributed by atoms with Crippen molar-refractivity contribution in [3.63, 3.8) is 0 Å². The molecule has 0 aromatic heterocycles. The molecule has 10 aliphatic rings. The molecule has 2 aromatic carbocycles. The Kier molecular flexibility index (Phi) is 4.99. The van der Waals surface area contributed by atoms with Crippen LogP contribution in [0.3, 0.4) is 0 Å². The Morgan fingerprint density at radius 2 is 1.10 bits per heavy atom. The van der Waals surface area contributed by atoms with Gasteiger partial charge in [-0.3, -0.25) is 0 Å². The Hall–Kier alpha value is -1.78. The average molecular weight is 541 g/mol. The van der Waals surface area contributed by atoms with Crippen molar-refractivity contribution in [3.8, 4) is 11.5 Å². The predicted octanol–water partition coefficient (Wildman–Crippen LogP) is 7.33. The summed E-state index contributed by atoms with van der Waals surface area (Å²) in [5.41, 5.74) is 3.94. The molecule has 8 saturated carbocycles. The second kappa shape index (κ2) is 8.40. The summed E-state index contributed by atoms with van der Waals surface area (Å²) in [5.74, 6) is 7.51. The van der Waals surface area contributed by atoms with Gasteiger partial charge in [0.1, 0.15) is 25.4 Å². The molecule has 2 saturated heterocycles. The maximum absolute atomic E-state index is 6.60. The van der Waals surface area contributed by atoms with Crippen LogP contribution in [0.4, 0.5) is 0 Å². The molecular formula is C36H44O4. The standard InChI is InChI=1S/C36H44O4/c1-2-30-31(9-27(1)35-11-21-3-22(12-35)5-23(4-21)13-35)32(36-14-24-6-25(15-36)8-26(7-24)16-36)10-33(39-19-28-17-37-28)34(30)40-20-29-18-38-29/h1-2,9-10,21-26,28-29H,3-8,11-20H2. The first-order valence-corrected chi connectivity index (χ1v) is 16.7. The van der Waals surface area contributed by atoms with Gasteiger partial charge in [0.05, 0.1) is 13.2 Å². The van der Waals surface area contributed by atoms with Gasteiger partial charge in [0.15, 0.2) is 11.5 Å². The van der Waals surface area contributed by atoms with Gasteiger partial charge in [0.2, 0.25) is 0 Å². The van der Waals surface area contributed by atoms with Gasteiger partial charge in [-0.1, -0.05) is 18.2 Å². The summed E-state index contributed by atoms with van der Waals surface area (Å²) in [6.45, 7) is 2.85. The van der Waals surface area contributed by atoms with Crippen LogP contribution < -0.4 is 9.47 Å². The van der Waals surface area contributed by atoms with Crippen molar-refractivity contribution in [1.29, 1.82) is 0 Å².